The third-order valence-corrected chi connectivity index (χ3v) is 2.51. The average Bonchev–Trinajstić information content (AvgIpc) is 2.04. The molecule has 0 bridgehead atoms. The fourth-order valence-corrected chi connectivity index (χ4v) is 1.50. The number of carbonyl (C=O) groups is 2. The van der Waals surface area contributed by atoms with Crippen molar-refractivity contribution in [3.63, 3.8) is 0 Å². The molecule has 13 heavy (non-hydrogen) atoms. The molecule has 0 aliphatic carbocycles. The van der Waals surface area contributed by atoms with Gasteiger partial charge in [0.2, 0.25) is 5.91 Å². The van der Waals surface area contributed by atoms with Gasteiger partial charge in [-0.05, 0) is 0 Å². The van der Waals surface area contributed by atoms with Crippen LogP contribution in [0.25, 0.3) is 0 Å². The van der Waals surface area contributed by atoms with Gasteiger partial charge >= 0.3 is 6.03 Å². The van der Waals surface area contributed by atoms with Crippen LogP contribution in [0.2, 0.25) is 0 Å². The van der Waals surface area contributed by atoms with Gasteiger partial charge in [-0.25, -0.2) is 10.0 Å². The molecule has 6 heteroatoms. The zero-order valence-electron chi connectivity index (χ0n) is 7.27. The number of piperidine rings is 1. The molecule has 0 saturated carbocycles. The summed E-state index contributed by atoms with van der Waals surface area (Å²) in [6.45, 7) is 0.339. The van der Waals surface area contributed by atoms with Crippen molar-refractivity contribution >= 4 is 11.9 Å². The van der Waals surface area contributed by atoms with Crippen molar-refractivity contribution in [3.8, 4) is 0 Å². The van der Waals surface area contributed by atoms with Gasteiger partial charge in [-0.1, -0.05) is 0 Å². The lowest BCUT2D eigenvalue weighted by atomic mass is 9.96. The minimum absolute atomic E-state index is 0.170. The van der Waals surface area contributed by atoms with E-state index in [1.807, 2.05) is 0 Å². The van der Waals surface area contributed by atoms with Crippen LogP contribution in [0.4, 0.5) is 4.79 Å². The standard InChI is InChI=1S/C7H13N3O3/c8-6(11)5-1-3-10(13,4-2-5)7(9)12/h5,13H,1-4H2,(H3-,8,9,11,12)/p+1. The van der Waals surface area contributed by atoms with Gasteiger partial charge in [0.15, 0.2) is 0 Å². The maximum Gasteiger partial charge on any atom is 0.446 e. The van der Waals surface area contributed by atoms with Gasteiger partial charge in [0.25, 0.3) is 0 Å². The summed E-state index contributed by atoms with van der Waals surface area (Å²) in [5.74, 6) is -0.617. The van der Waals surface area contributed by atoms with E-state index >= 15 is 0 Å². The lowest BCUT2D eigenvalue weighted by molar-refractivity contribution is -1.04. The Hall–Kier alpha value is -1.14. The first-order valence-electron chi connectivity index (χ1n) is 4.15. The molecule has 1 aliphatic heterocycles. The van der Waals surface area contributed by atoms with Crippen molar-refractivity contribution in [3.05, 3.63) is 0 Å². The lowest BCUT2D eigenvalue weighted by Crippen LogP contribution is -2.58. The summed E-state index contributed by atoms with van der Waals surface area (Å²) in [7, 11) is 0. The number of hydroxylamine groups is 3. The molecular formula is C7H14N3O3+. The number of carbonyl (C=O) groups excluding carboxylic acids is 2. The first-order valence-corrected chi connectivity index (χ1v) is 4.15. The van der Waals surface area contributed by atoms with E-state index in [0.717, 1.165) is 0 Å². The van der Waals surface area contributed by atoms with Gasteiger partial charge in [0.05, 0.1) is 0 Å². The smallest absolute Gasteiger partial charge is 0.369 e. The van der Waals surface area contributed by atoms with E-state index in [1.165, 1.54) is 0 Å². The number of likely N-dealkylation sites (tertiary alicyclic amines) is 1. The van der Waals surface area contributed by atoms with E-state index in [1.54, 1.807) is 0 Å². The number of nitrogens with two attached hydrogens (primary N) is 2. The molecule has 0 radical (unpaired) electrons. The van der Waals surface area contributed by atoms with Gasteiger partial charge in [0.1, 0.15) is 13.1 Å². The predicted molar refractivity (Wildman–Crippen MR) is 43.3 cm³/mol. The van der Waals surface area contributed by atoms with E-state index in [0.29, 0.717) is 12.8 Å². The normalized spacial score (nSPS) is 34.1. The topological polar surface area (TPSA) is 106 Å². The quantitative estimate of drug-likeness (QED) is 0.369. The average molecular weight is 188 g/mol. The summed E-state index contributed by atoms with van der Waals surface area (Å²) < 4.78 is -0.774. The molecular weight excluding hydrogens is 174 g/mol. The van der Waals surface area contributed by atoms with Gasteiger partial charge in [-0.3, -0.25) is 4.79 Å². The molecule has 1 fully saturated rings. The Balaban J connectivity index is 2.56. The largest absolute Gasteiger partial charge is 0.446 e. The zero-order chi connectivity index (χ0) is 10.1. The van der Waals surface area contributed by atoms with Crippen molar-refractivity contribution in [1.82, 2.24) is 0 Å². The van der Waals surface area contributed by atoms with Crippen molar-refractivity contribution < 1.29 is 19.4 Å². The molecule has 1 saturated heterocycles. The molecule has 0 aromatic rings. The summed E-state index contributed by atoms with van der Waals surface area (Å²) in [6.07, 6.45) is 0.823. The molecule has 1 aliphatic rings. The molecule has 1 rings (SSSR count). The number of hydrogen-bond acceptors (Lipinski definition) is 3. The Bertz CT molecular complexity index is 233. The molecule has 1 heterocycles. The van der Waals surface area contributed by atoms with Crippen LogP contribution in [-0.4, -0.2) is 34.9 Å². The monoisotopic (exact) mass is 188 g/mol. The second-order valence-corrected chi connectivity index (χ2v) is 3.38. The number of primary amides is 2. The van der Waals surface area contributed by atoms with E-state index < -0.39 is 10.7 Å². The Kier molecular flexibility index (Phi) is 2.53. The van der Waals surface area contributed by atoms with Gasteiger partial charge in [0, 0.05) is 18.8 Å². The maximum atomic E-state index is 10.8. The lowest BCUT2D eigenvalue weighted by Gasteiger charge is -2.31. The first-order chi connectivity index (χ1) is 5.96. The van der Waals surface area contributed by atoms with Crippen molar-refractivity contribution in [2.75, 3.05) is 13.1 Å². The van der Waals surface area contributed by atoms with Crippen LogP contribution >= 0.6 is 0 Å². The minimum atomic E-state index is -0.775. The Morgan fingerprint density at radius 1 is 1.23 bits per heavy atom. The zero-order valence-corrected chi connectivity index (χ0v) is 7.27. The van der Waals surface area contributed by atoms with Crippen molar-refractivity contribution in [2.24, 2.45) is 17.4 Å². The van der Waals surface area contributed by atoms with Crippen molar-refractivity contribution in [2.45, 2.75) is 12.8 Å². The van der Waals surface area contributed by atoms with Gasteiger partial charge < -0.3 is 11.5 Å². The van der Waals surface area contributed by atoms with Gasteiger partial charge in [-0.15, -0.1) is 4.65 Å². The molecule has 0 aromatic carbocycles. The van der Waals surface area contributed by atoms with E-state index in [4.69, 9.17) is 11.5 Å². The Morgan fingerprint density at radius 2 is 1.69 bits per heavy atom. The molecule has 0 unspecified atom stereocenters. The molecule has 0 spiro atoms. The van der Waals surface area contributed by atoms with Crippen LogP contribution in [-0.2, 0) is 4.79 Å². The molecule has 3 amide bonds. The number of urea groups is 1. The van der Waals surface area contributed by atoms with Crippen LogP contribution in [0.1, 0.15) is 12.8 Å². The fourth-order valence-electron chi connectivity index (χ4n) is 1.50. The van der Waals surface area contributed by atoms with Gasteiger partial charge in [-0.2, -0.15) is 0 Å². The summed E-state index contributed by atoms with van der Waals surface area (Å²) in [5.41, 5.74) is 10.1. The molecule has 0 aromatic heterocycles. The number of quaternary nitrogens is 1. The second kappa shape index (κ2) is 3.31. The number of nitrogens with zero attached hydrogens (tertiary/aromatic N) is 1. The summed E-state index contributed by atoms with van der Waals surface area (Å²) in [6, 6.07) is -0.775. The highest BCUT2D eigenvalue weighted by atomic mass is 16.6. The summed E-state index contributed by atoms with van der Waals surface area (Å²) in [4.78, 5) is 21.5. The SMILES string of the molecule is NC(=O)C1CC[N+](O)(C(N)=O)CC1. The Morgan fingerprint density at radius 3 is 2.00 bits per heavy atom. The van der Waals surface area contributed by atoms with E-state index in [-0.39, 0.29) is 24.9 Å². The van der Waals surface area contributed by atoms with Crippen LogP contribution in [0.5, 0.6) is 0 Å². The predicted octanol–water partition coefficient (Wildman–Crippen LogP) is -0.834. The minimum Gasteiger partial charge on any atom is -0.369 e. The van der Waals surface area contributed by atoms with E-state index in [2.05, 4.69) is 0 Å². The number of hydrogen-bond donors (Lipinski definition) is 3. The molecule has 6 nitrogen and oxygen atoms in total. The third kappa shape index (κ3) is 1.96. The fraction of sp³-hybridized carbons (Fsp3) is 0.714. The number of amides is 3. The second-order valence-electron chi connectivity index (χ2n) is 3.38. The van der Waals surface area contributed by atoms with Crippen LogP contribution in [0.3, 0.4) is 0 Å². The molecule has 0 atom stereocenters. The van der Waals surface area contributed by atoms with E-state index in [9.17, 15) is 14.8 Å². The highest BCUT2D eigenvalue weighted by molar-refractivity contribution is 5.76. The highest BCUT2D eigenvalue weighted by Gasteiger charge is 2.40. The summed E-state index contributed by atoms with van der Waals surface area (Å²) in [5, 5.41) is 9.56. The molecule has 5 N–H and O–H groups in total. The summed E-state index contributed by atoms with van der Waals surface area (Å²) >= 11 is 0. The first kappa shape index (κ1) is 9.94. The number of rotatable bonds is 1. The third-order valence-electron chi connectivity index (χ3n) is 2.51. The maximum absolute atomic E-state index is 10.8. The van der Waals surface area contributed by atoms with Crippen LogP contribution < -0.4 is 11.5 Å². The van der Waals surface area contributed by atoms with Crippen LogP contribution in [0.15, 0.2) is 0 Å². The highest BCUT2D eigenvalue weighted by Crippen LogP contribution is 2.20. The van der Waals surface area contributed by atoms with Crippen molar-refractivity contribution in [1.29, 1.82) is 0 Å². The molecule has 74 valence electrons. The van der Waals surface area contributed by atoms with Crippen LogP contribution in [0, 0.1) is 5.92 Å². The Labute approximate surface area is 75.6 Å².